The number of nitrogens with two attached hydrogens (primary N) is 1. The molecule has 0 saturated heterocycles. The van der Waals surface area contributed by atoms with Gasteiger partial charge in [-0.2, -0.15) is 10.1 Å². The highest BCUT2D eigenvalue weighted by Gasteiger charge is 2.19. The Bertz CT molecular complexity index is 1300. The minimum absolute atomic E-state index is 0.0524. The number of hydrogen-bond donors (Lipinski definition) is 2. The highest BCUT2D eigenvalue weighted by molar-refractivity contribution is 5.83. The lowest BCUT2D eigenvalue weighted by molar-refractivity contribution is -0.150. The molecule has 3 N–H and O–H groups in total. The van der Waals surface area contributed by atoms with E-state index in [0.717, 1.165) is 5.69 Å². The van der Waals surface area contributed by atoms with Crippen molar-refractivity contribution >= 4 is 22.4 Å². The average molecular weight is 441 g/mol. The second-order valence-corrected chi connectivity index (χ2v) is 7.72. The molecule has 0 bridgehead atoms. The Morgan fingerprint density at radius 1 is 1.28 bits per heavy atom. The Labute approximate surface area is 183 Å². The highest BCUT2D eigenvalue weighted by atomic mass is 19.1. The molecule has 0 saturated carbocycles. The molecule has 3 heterocycles. The first-order valence-electron chi connectivity index (χ1n) is 10.1. The van der Waals surface area contributed by atoms with Crippen molar-refractivity contribution in [2.24, 2.45) is 5.73 Å². The maximum Gasteiger partial charge on any atom is 0.323 e. The van der Waals surface area contributed by atoms with E-state index in [2.05, 4.69) is 15.1 Å². The first-order chi connectivity index (χ1) is 15.2. The normalized spacial score (nSPS) is 13.3. The van der Waals surface area contributed by atoms with Gasteiger partial charge in [0, 0.05) is 22.2 Å². The molecule has 1 aromatic carbocycles. The third-order valence-corrected chi connectivity index (χ3v) is 4.95. The minimum Gasteiger partial charge on any atom is -0.488 e. The summed E-state index contributed by atoms with van der Waals surface area (Å²) in [5.74, 6) is -0.228. The van der Waals surface area contributed by atoms with Crippen molar-refractivity contribution in [1.29, 1.82) is 0 Å². The molecule has 0 aliphatic heterocycles. The predicted molar refractivity (Wildman–Crippen MR) is 115 cm³/mol. The molecule has 32 heavy (non-hydrogen) atoms. The fraction of sp³-hybridized carbons (Fsp3) is 0.318. The summed E-state index contributed by atoms with van der Waals surface area (Å²) in [7, 11) is 0. The number of halogens is 1. The first-order valence-corrected chi connectivity index (χ1v) is 10.1. The van der Waals surface area contributed by atoms with Crippen molar-refractivity contribution in [3.05, 3.63) is 47.8 Å². The maximum atomic E-state index is 15.0. The molecular formula is C22H24FN5O4. The van der Waals surface area contributed by atoms with Crippen LogP contribution in [0.25, 0.3) is 16.4 Å². The molecular weight excluding hydrogens is 417 g/mol. The van der Waals surface area contributed by atoms with Gasteiger partial charge in [0.2, 0.25) is 5.88 Å². The third kappa shape index (κ3) is 4.09. The Hall–Kier alpha value is -3.66. The zero-order valence-corrected chi connectivity index (χ0v) is 18.2. The van der Waals surface area contributed by atoms with Crippen molar-refractivity contribution in [2.75, 3.05) is 6.61 Å². The largest absolute Gasteiger partial charge is 0.488 e. The molecule has 10 heteroatoms. The molecule has 2 atom stereocenters. The summed E-state index contributed by atoms with van der Waals surface area (Å²) < 4.78 is 33.4. The first kappa shape index (κ1) is 21.6. The smallest absolute Gasteiger partial charge is 0.323 e. The van der Waals surface area contributed by atoms with Crippen molar-refractivity contribution in [3.8, 4) is 17.4 Å². The Balaban J connectivity index is 1.58. The molecule has 3 aromatic heterocycles. The van der Waals surface area contributed by atoms with Crippen LogP contribution in [-0.2, 0) is 9.53 Å². The van der Waals surface area contributed by atoms with Gasteiger partial charge < -0.3 is 24.9 Å². The van der Waals surface area contributed by atoms with E-state index >= 15 is 0 Å². The molecule has 0 aliphatic carbocycles. The third-order valence-electron chi connectivity index (χ3n) is 4.95. The number of hydrogen-bond acceptors (Lipinski definition) is 7. The molecule has 0 aliphatic rings. The Morgan fingerprint density at radius 3 is 2.81 bits per heavy atom. The lowest BCUT2D eigenvalue weighted by Gasteiger charge is -2.15. The summed E-state index contributed by atoms with van der Waals surface area (Å²) in [5, 5.41) is 4.63. The number of H-pyrrole nitrogens is 1. The summed E-state index contributed by atoms with van der Waals surface area (Å²) in [4.78, 5) is 18.9. The number of rotatable bonds is 7. The van der Waals surface area contributed by atoms with Crippen LogP contribution in [0.5, 0.6) is 17.4 Å². The molecule has 0 spiro atoms. The number of aromatic nitrogens is 4. The topological polar surface area (TPSA) is 117 Å². The van der Waals surface area contributed by atoms with E-state index in [0.29, 0.717) is 27.7 Å². The van der Waals surface area contributed by atoms with Crippen LogP contribution >= 0.6 is 0 Å². The van der Waals surface area contributed by atoms with Crippen molar-refractivity contribution < 1.29 is 23.4 Å². The monoisotopic (exact) mass is 441 g/mol. The molecule has 4 aromatic rings. The second-order valence-electron chi connectivity index (χ2n) is 7.72. The van der Waals surface area contributed by atoms with Gasteiger partial charge in [0.25, 0.3) is 0 Å². The van der Waals surface area contributed by atoms with Crippen LogP contribution in [0.4, 0.5) is 4.39 Å². The van der Waals surface area contributed by atoms with Gasteiger partial charge in [0.1, 0.15) is 36.3 Å². The van der Waals surface area contributed by atoms with Crippen LogP contribution < -0.4 is 15.2 Å². The number of esters is 1. The fourth-order valence-corrected chi connectivity index (χ4v) is 3.34. The lowest BCUT2D eigenvalue weighted by Crippen LogP contribution is -2.33. The van der Waals surface area contributed by atoms with E-state index in [-0.39, 0.29) is 18.2 Å². The minimum atomic E-state index is -0.707. The number of aromatic amines is 1. The summed E-state index contributed by atoms with van der Waals surface area (Å²) in [6.07, 6.45) is 2.48. The molecule has 0 fully saturated rings. The van der Waals surface area contributed by atoms with Crippen molar-refractivity contribution in [3.63, 3.8) is 0 Å². The SMILES string of the molecule is Cc1cc2c(F)c(Oc3ncnn4cc(OCC(C)OC(=O)C(C)N)c(C)c34)ccc2[nH]1. The quantitative estimate of drug-likeness (QED) is 0.422. The molecule has 168 valence electrons. The van der Waals surface area contributed by atoms with Gasteiger partial charge in [0.05, 0.1) is 6.20 Å². The van der Waals surface area contributed by atoms with E-state index in [1.807, 2.05) is 13.8 Å². The van der Waals surface area contributed by atoms with Crippen LogP contribution in [0.2, 0.25) is 0 Å². The lowest BCUT2D eigenvalue weighted by atomic mass is 10.2. The van der Waals surface area contributed by atoms with Gasteiger partial charge in [-0.15, -0.1) is 0 Å². The van der Waals surface area contributed by atoms with Gasteiger partial charge in [-0.05, 0) is 45.9 Å². The number of ether oxygens (including phenoxy) is 3. The number of fused-ring (bicyclic) bond motifs is 2. The van der Waals surface area contributed by atoms with Crippen LogP contribution in [0.3, 0.4) is 0 Å². The van der Waals surface area contributed by atoms with Crippen LogP contribution in [0.15, 0.2) is 30.7 Å². The van der Waals surface area contributed by atoms with Crippen LogP contribution in [0, 0.1) is 19.7 Å². The number of nitrogens with one attached hydrogen (secondary N) is 1. The number of nitrogens with zero attached hydrogens (tertiary/aromatic N) is 3. The molecule has 4 rings (SSSR count). The van der Waals surface area contributed by atoms with E-state index in [4.69, 9.17) is 19.9 Å². The number of carbonyl (C=O) groups excluding carboxylic acids is 1. The van der Waals surface area contributed by atoms with E-state index in [9.17, 15) is 9.18 Å². The number of benzene rings is 1. The van der Waals surface area contributed by atoms with Gasteiger partial charge >= 0.3 is 5.97 Å². The Morgan fingerprint density at radius 2 is 2.06 bits per heavy atom. The maximum absolute atomic E-state index is 15.0. The molecule has 2 unspecified atom stereocenters. The van der Waals surface area contributed by atoms with Gasteiger partial charge in [-0.1, -0.05) is 0 Å². The number of aryl methyl sites for hydroxylation is 2. The van der Waals surface area contributed by atoms with E-state index < -0.39 is 23.9 Å². The second kappa shape index (κ2) is 8.46. The summed E-state index contributed by atoms with van der Waals surface area (Å²) in [6.45, 7) is 7.06. The van der Waals surface area contributed by atoms with E-state index in [1.165, 1.54) is 6.33 Å². The van der Waals surface area contributed by atoms with Crippen LogP contribution in [-0.4, -0.2) is 44.3 Å². The molecule has 0 amide bonds. The number of carbonyl (C=O) groups is 1. The predicted octanol–water partition coefficient (Wildman–Crippen LogP) is 3.42. The van der Waals surface area contributed by atoms with E-state index in [1.54, 1.807) is 42.8 Å². The standard InChI is InChI=1S/C22H24FN5O4/c1-11-7-15-16(27-11)5-6-17(19(15)23)32-21-20-13(3)18(8-28(20)26-10-25-21)30-9-12(2)31-22(29)14(4)24/h5-8,10,12,14,27H,9,24H2,1-4H3. The van der Waals surface area contributed by atoms with Crippen LogP contribution in [0.1, 0.15) is 25.1 Å². The Kier molecular flexibility index (Phi) is 5.70. The zero-order valence-electron chi connectivity index (χ0n) is 18.2. The molecule has 0 radical (unpaired) electrons. The van der Waals surface area contributed by atoms with Crippen molar-refractivity contribution in [1.82, 2.24) is 19.6 Å². The highest BCUT2D eigenvalue weighted by Crippen LogP contribution is 2.34. The zero-order chi connectivity index (χ0) is 23.0. The average Bonchev–Trinajstić information content (AvgIpc) is 3.29. The van der Waals surface area contributed by atoms with Crippen molar-refractivity contribution in [2.45, 2.75) is 39.8 Å². The summed E-state index contributed by atoms with van der Waals surface area (Å²) in [5.41, 5.74) is 8.29. The molecule has 9 nitrogen and oxygen atoms in total. The van der Waals surface area contributed by atoms with Gasteiger partial charge in [0.15, 0.2) is 11.6 Å². The van der Waals surface area contributed by atoms with Gasteiger partial charge in [-0.3, -0.25) is 4.79 Å². The summed E-state index contributed by atoms with van der Waals surface area (Å²) >= 11 is 0. The van der Waals surface area contributed by atoms with Gasteiger partial charge in [-0.25, -0.2) is 8.91 Å². The summed E-state index contributed by atoms with van der Waals surface area (Å²) in [6, 6.07) is 4.32. The fourth-order valence-electron chi connectivity index (χ4n) is 3.34.